The van der Waals surface area contributed by atoms with E-state index < -0.39 is 0 Å². The van der Waals surface area contributed by atoms with Crippen LogP contribution in [0.15, 0.2) is 30.3 Å². The van der Waals surface area contributed by atoms with E-state index in [4.69, 9.17) is 4.74 Å². The molecular weight excluding hydrogens is 196 g/mol. The number of hydrogen-bond acceptors (Lipinski definition) is 1. The minimum absolute atomic E-state index is 0.904. The van der Waals surface area contributed by atoms with Gasteiger partial charge in [0.25, 0.3) is 0 Å². The van der Waals surface area contributed by atoms with Crippen molar-refractivity contribution in [3.8, 4) is 0 Å². The van der Waals surface area contributed by atoms with Crippen molar-refractivity contribution >= 4 is 0 Å². The summed E-state index contributed by atoms with van der Waals surface area (Å²) >= 11 is 0. The van der Waals surface area contributed by atoms with Gasteiger partial charge in [0.15, 0.2) is 0 Å². The first-order chi connectivity index (χ1) is 7.93. The van der Waals surface area contributed by atoms with Gasteiger partial charge in [0.1, 0.15) is 0 Å². The molecule has 0 spiro atoms. The first-order valence-corrected chi connectivity index (χ1v) is 6.55. The lowest BCUT2D eigenvalue weighted by molar-refractivity contribution is 0.128. The summed E-state index contributed by atoms with van der Waals surface area (Å²) in [5.41, 5.74) is 1.41. The van der Waals surface area contributed by atoms with Crippen molar-refractivity contribution in [2.45, 2.75) is 45.4 Å². The lowest BCUT2D eigenvalue weighted by atomic mass is 10.1. The maximum atomic E-state index is 5.60. The Balaban J connectivity index is 1.89. The van der Waals surface area contributed by atoms with Gasteiger partial charge in [-0.15, -0.1) is 0 Å². The van der Waals surface area contributed by atoms with Crippen LogP contribution < -0.4 is 0 Å². The molecule has 1 aromatic carbocycles. The molecule has 0 atom stereocenters. The summed E-state index contributed by atoms with van der Waals surface area (Å²) in [6, 6.07) is 10.6. The van der Waals surface area contributed by atoms with Crippen molar-refractivity contribution in [1.82, 2.24) is 0 Å². The molecule has 0 amide bonds. The first kappa shape index (κ1) is 13.2. The van der Waals surface area contributed by atoms with Crippen LogP contribution in [-0.4, -0.2) is 13.2 Å². The zero-order valence-electron chi connectivity index (χ0n) is 10.5. The smallest absolute Gasteiger partial charge is 0.0469 e. The molecule has 1 nitrogen and oxygen atoms in total. The number of aryl methyl sites for hydroxylation is 1. The van der Waals surface area contributed by atoms with Crippen LogP contribution in [0.25, 0.3) is 0 Å². The minimum Gasteiger partial charge on any atom is -0.381 e. The summed E-state index contributed by atoms with van der Waals surface area (Å²) in [6.45, 7) is 4.08. The van der Waals surface area contributed by atoms with E-state index in [1.165, 1.54) is 31.2 Å². The molecule has 0 unspecified atom stereocenters. The molecule has 90 valence electrons. The van der Waals surface area contributed by atoms with Gasteiger partial charge in [0.2, 0.25) is 0 Å². The Hall–Kier alpha value is -0.820. The van der Waals surface area contributed by atoms with Crippen LogP contribution in [0.5, 0.6) is 0 Å². The lowest BCUT2D eigenvalue weighted by Gasteiger charge is -2.04. The van der Waals surface area contributed by atoms with E-state index in [1.807, 2.05) is 0 Å². The molecular formula is C15H24O. The van der Waals surface area contributed by atoms with Gasteiger partial charge in [-0.2, -0.15) is 0 Å². The van der Waals surface area contributed by atoms with Crippen molar-refractivity contribution in [1.29, 1.82) is 0 Å². The third-order valence-electron chi connectivity index (χ3n) is 2.74. The SMILES string of the molecule is CCCCCCOCCCc1ccccc1. The molecule has 0 aliphatic carbocycles. The largest absolute Gasteiger partial charge is 0.381 e. The van der Waals surface area contributed by atoms with E-state index in [2.05, 4.69) is 37.3 Å². The van der Waals surface area contributed by atoms with Gasteiger partial charge in [-0.1, -0.05) is 56.5 Å². The highest BCUT2D eigenvalue weighted by atomic mass is 16.5. The average Bonchev–Trinajstić information content (AvgIpc) is 2.34. The van der Waals surface area contributed by atoms with Gasteiger partial charge in [0, 0.05) is 13.2 Å². The van der Waals surface area contributed by atoms with E-state index in [0.29, 0.717) is 0 Å². The van der Waals surface area contributed by atoms with E-state index >= 15 is 0 Å². The highest BCUT2D eigenvalue weighted by Gasteiger charge is 1.93. The standard InChI is InChI=1S/C15H24O/c1-2-3-4-8-13-16-14-9-12-15-10-6-5-7-11-15/h5-7,10-11H,2-4,8-9,12-14H2,1H3. The summed E-state index contributed by atoms with van der Waals surface area (Å²) in [4.78, 5) is 0. The number of benzene rings is 1. The molecule has 0 saturated carbocycles. The van der Waals surface area contributed by atoms with Crippen LogP contribution in [0.4, 0.5) is 0 Å². The Morgan fingerprint density at radius 1 is 0.875 bits per heavy atom. The van der Waals surface area contributed by atoms with E-state index in [9.17, 15) is 0 Å². The predicted octanol–water partition coefficient (Wildman–Crippen LogP) is 4.22. The molecule has 0 bridgehead atoms. The zero-order valence-corrected chi connectivity index (χ0v) is 10.5. The molecule has 0 aromatic heterocycles. The second kappa shape index (κ2) is 9.41. The molecule has 0 saturated heterocycles. The molecule has 0 aliphatic rings. The molecule has 1 rings (SSSR count). The third kappa shape index (κ3) is 6.62. The number of hydrogen-bond donors (Lipinski definition) is 0. The molecule has 16 heavy (non-hydrogen) atoms. The van der Waals surface area contributed by atoms with Crippen LogP contribution in [0.2, 0.25) is 0 Å². The Labute approximate surface area is 99.8 Å². The van der Waals surface area contributed by atoms with Gasteiger partial charge < -0.3 is 4.74 Å². The van der Waals surface area contributed by atoms with Gasteiger partial charge in [-0.3, -0.25) is 0 Å². The lowest BCUT2D eigenvalue weighted by Crippen LogP contribution is -1.98. The molecule has 1 aromatic rings. The van der Waals surface area contributed by atoms with Crippen molar-refractivity contribution < 1.29 is 4.74 Å². The molecule has 0 heterocycles. The van der Waals surface area contributed by atoms with Gasteiger partial charge in [-0.25, -0.2) is 0 Å². The van der Waals surface area contributed by atoms with Gasteiger partial charge >= 0.3 is 0 Å². The summed E-state index contributed by atoms with van der Waals surface area (Å²) < 4.78 is 5.60. The van der Waals surface area contributed by atoms with Crippen LogP contribution in [0.3, 0.4) is 0 Å². The molecule has 0 aliphatic heterocycles. The highest BCUT2D eigenvalue weighted by molar-refractivity contribution is 5.14. The number of ether oxygens (including phenoxy) is 1. The van der Waals surface area contributed by atoms with Crippen LogP contribution >= 0.6 is 0 Å². The van der Waals surface area contributed by atoms with Gasteiger partial charge in [0.05, 0.1) is 0 Å². The molecule has 0 fully saturated rings. The van der Waals surface area contributed by atoms with Gasteiger partial charge in [-0.05, 0) is 24.8 Å². The maximum absolute atomic E-state index is 5.60. The van der Waals surface area contributed by atoms with E-state index in [0.717, 1.165) is 26.1 Å². The number of unbranched alkanes of at least 4 members (excludes halogenated alkanes) is 3. The number of rotatable bonds is 9. The van der Waals surface area contributed by atoms with Crippen LogP contribution in [-0.2, 0) is 11.2 Å². The normalized spacial score (nSPS) is 10.6. The predicted molar refractivity (Wildman–Crippen MR) is 69.7 cm³/mol. The molecule has 0 radical (unpaired) electrons. The van der Waals surface area contributed by atoms with Crippen LogP contribution in [0.1, 0.15) is 44.6 Å². The summed E-state index contributed by atoms with van der Waals surface area (Å²) in [7, 11) is 0. The van der Waals surface area contributed by atoms with Crippen LogP contribution in [0, 0.1) is 0 Å². The zero-order chi connectivity index (χ0) is 11.5. The summed E-state index contributed by atoms with van der Waals surface area (Å²) in [6.07, 6.45) is 7.45. The molecule has 0 N–H and O–H groups in total. The first-order valence-electron chi connectivity index (χ1n) is 6.55. The van der Waals surface area contributed by atoms with Crippen molar-refractivity contribution in [3.63, 3.8) is 0 Å². The summed E-state index contributed by atoms with van der Waals surface area (Å²) in [5, 5.41) is 0. The Morgan fingerprint density at radius 3 is 2.38 bits per heavy atom. The maximum Gasteiger partial charge on any atom is 0.0469 e. The quantitative estimate of drug-likeness (QED) is 0.566. The average molecular weight is 220 g/mol. The monoisotopic (exact) mass is 220 g/mol. The van der Waals surface area contributed by atoms with Crippen molar-refractivity contribution in [3.05, 3.63) is 35.9 Å². The fourth-order valence-corrected chi connectivity index (χ4v) is 1.76. The molecule has 1 heteroatoms. The van der Waals surface area contributed by atoms with E-state index in [-0.39, 0.29) is 0 Å². The minimum atomic E-state index is 0.904. The van der Waals surface area contributed by atoms with Crippen molar-refractivity contribution in [2.75, 3.05) is 13.2 Å². The Kier molecular flexibility index (Phi) is 7.79. The second-order valence-electron chi connectivity index (χ2n) is 4.26. The fourth-order valence-electron chi connectivity index (χ4n) is 1.76. The van der Waals surface area contributed by atoms with Crippen molar-refractivity contribution in [2.24, 2.45) is 0 Å². The highest BCUT2D eigenvalue weighted by Crippen LogP contribution is 2.03. The third-order valence-corrected chi connectivity index (χ3v) is 2.74. The summed E-state index contributed by atoms with van der Waals surface area (Å²) in [5.74, 6) is 0. The Bertz CT molecular complexity index is 243. The topological polar surface area (TPSA) is 9.23 Å². The van der Waals surface area contributed by atoms with E-state index in [1.54, 1.807) is 0 Å². The second-order valence-corrected chi connectivity index (χ2v) is 4.26. The fraction of sp³-hybridized carbons (Fsp3) is 0.600. The Morgan fingerprint density at radius 2 is 1.62 bits per heavy atom.